The van der Waals surface area contributed by atoms with Crippen molar-refractivity contribution in [1.82, 2.24) is 4.57 Å². The van der Waals surface area contributed by atoms with Gasteiger partial charge < -0.3 is 9.30 Å². The van der Waals surface area contributed by atoms with Crippen LogP contribution in [0.25, 0.3) is 11.1 Å². The molecule has 1 heterocycles. The van der Waals surface area contributed by atoms with Crippen molar-refractivity contribution in [2.45, 2.75) is 32.4 Å². The van der Waals surface area contributed by atoms with E-state index in [9.17, 15) is 4.39 Å². The summed E-state index contributed by atoms with van der Waals surface area (Å²) in [5, 5.41) is 0.424. The molecule has 0 fully saturated rings. The second-order valence-electron chi connectivity index (χ2n) is 6.36. The van der Waals surface area contributed by atoms with Gasteiger partial charge in [0.15, 0.2) is 0 Å². The van der Waals surface area contributed by atoms with Gasteiger partial charge in [0, 0.05) is 38.2 Å². The zero-order valence-corrected chi connectivity index (χ0v) is 14.5. The fourth-order valence-corrected chi connectivity index (χ4v) is 3.02. The molecule has 0 unspecified atom stereocenters. The summed E-state index contributed by atoms with van der Waals surface area (Å²) in [6.45, 7) is 8.22. The molecule has 1 aromatic heterocycles. The molecule has 0 saturated carbocycles. The van der Waals surface area contributed by atoms with Crippen molar-refractivity contribution >= 4 is 19.7 Å². The highest BCUT2D eigenvalue weighted by Gasteiger charge is 2.13. The van der Waals surface area contributed by atoms with Gasteiger partial charge in [-0.15, -0.1) is 0 Å². The van der Waals surface area contributed by atoms with Gasteiger partial charge in [-0.3, -0.25) is 0 Å². The van der Waals surface area contributed by atoms with E-state index in [-0.39, 0.29) is 5.82 Å². The van der Waals surface area contributed by atoms with E-state index < -0.39 is 8.07 Å². The largest absolute Gasteiger partial charge is 0.361 e. The Morgan fingerprint density at radius 1 is 1.24 bits per heavy atom. The lowest BCUT2D eigenvalue weighted by atomic mass is 10.1. The van der Waals surface area contributed by atoms with E-state index >= 15 is 0 Å². The van der Waals surface area contributed by atoms with Crippen molar-refractivity contribution in [2.75, 3.05) is 6.61 Å². The lowest BCUT2D eigenvalue weighted by molar-refractivity contribution is 0.0875. The summed E-state index contributed by atoms with van der Waals surface area (Å²) in [6, 6.07) is 7.72. The molecule has 114 valence electrons. The van der Waals surface area contributed by atoms with Crippen LogP contribution in [0, 0.1) is 5.82 Å². The topological polar surface area (TPSA) is 14.2 Å². The summed E-state index contributed by atoms with van der Waals surface area (Å²) in [5.41, 5.74) is 1.21. The van der Waals surface area contributed by atoms with Crippen molar-refractivity contribution < 1.29 is 9.13 Å². The smallest absolute Gasteiger partial charge is 0.132 e. The maximum absolute atomic E-state index is 13.9. The maximum Gasteiger partial charge on any atom is 0.132 e. The Balaban J connectivity index is 1.99. The molecule has 0 saturated heterocycles. The minimum absolute atomic E-state index is 0.306. The molecule has 5 heteroatoms. The molecule has 0 aliphatic carbocycles. The number of hydrogen-bond donors (Lipinski definition) is 0. The van der Waals surface area contributed by atoms with E-state index in [0.717, 1.165) is 18.2 Å². The fourth-order valence-electron chi connectivity index (χ4n) is 1.99. The Morgan fingerprint density at radius 3 is 2.67 bits per heavy atom. The highest BCUT2D eigenvalue weighted by Crippen LogP contribution is 2.30. The number of aromatic nitrogens is 1. The van der Waals surface area contributed by atoms with E-state index in [0.29, 0.717) is 17.3 Å². The summed E-state index contributed by atoms with van der Waals surface area (Å²) in [4.78, 5) is 0. The molecule has 0 amide bonds. The monoisotopic (exact) mass is 325 g/mol. The SMILES string of the molecule is C[Si](C)(C)CCOCn1ccc(-c2c(F)cccc2Cl)c1. The molecular formula is C16H21ClFNOSi. The Kier molecular flexibility index (Phi) is 5.25. The van der Waals surface area contributed by atoms with Gasteiger partial charge in [0.25, 0.3) is 0 Å². The summed E-state index contributed by atoms with van der Waals surface area (Å²) >= 11 is 6.07. The van der Waals surface area contributed by atoms with Gasteiger partial charge in [-0.05, 0) is 24.2 Å². The molecule has 0 radical (unpaired) electrons. The van der Waals surface area contributed by atoms with Gasteiger partial charge in [-0.25, -0.2) is 4.39 Å². The minimum Gasteiger partial charge on any atom is -0.361 e. The van der Waals surface area contributed by atoms with Crippen LogP contribution in [-0.2, 0) is 11.5 Å². The average molecular weight is 326 g/mol. The molecule has 0 spiro atoms. The fraction of sp³-hybridized carbons (Fsp3) is 0.375. The summed E-state index contributed by atoms with van der Waals surface area (Å²) < 4.78 is 21.4. The molecule has 0 bridgehead atoms. The summed E-state index contributed by atoms with van der Waals surface area (Å²) in [7, 11) is -1.06. The molecular weight excluding hydrogens is 305 g/mol. The first-order valence-electron chi connectivity index (χ1n) is 7.05. The van der Waals surface area contributed by atoms with Crippen LogP contribution >= 0.6 is 11.6 Å². The first kappa shape index (κ1) is 16.3. The molecule has 2 rings (SSSR count). The van der Waals surface area contributed by atoms with Crippen molar-refractivity contribution in [3.63, 3.8) is 0 Å². The van der Waals surface area contributed by atoms with Gasteiger partial charge in [-0.1, -0.05) is 37.3 Å². The van der Waals surface area contributed by atoms with E-state index in [1.807, 2.05) is 23.0 Å². The normalized spacial score (nSPS) is 11.9. The van der Waals surface area contributed by atoms with E-state index in [1.54, 1.807) is 12.1 Å². The second kappa shape index (κ2) is 6.77. The molecule has 0 aliphatic heterocycles. The molecule has 2 aromatic rings. The van der Waals surface area contributed by atoms with Crippen LogP contribution < -0.4 is 0 Å². The highest BCUT2D eigenvalue weighted by molar-refractivity contribution is 6.76. The third kappa shape index (κ3) is 4.70. The highest BCUT2D eigenvalue weighted by atomic mass is 35.5. The Hall–Kier alpha value is -1.10. The van der Waals surface area contributed by atoms with Crippen molar-refractivity contribution in [3.05, 3.63) is 47.5 Å². The van der Waals surface area contributed by atoms with Gasteiger partial charge in [0.1, 0.15) is 12.5 Å². The van der Waals surface area contributed by atoms with Gasteiger partial charge >= 0.3 is 0 Å². The van der Waals surface area contributed by atoms with Gasteiger partial charge in [0.05, 0.1) is 5.02 Å². The van der Waals surface area contributed by atoms with Crippen LogP contribution in [0.4, 0.5) is 4.39 Å². The number of halogens is 2. The molecule has 0 N–H and O–H groups in total. The third-order valence-electron chi connectivity index (χ3n) is 3.24. The minimum atomic E-state index is -1.06. The van der Waals surface area contributed by atoms with Crippen LogP contribution in [0.3, 0.4) is 0 Å². The van der Waals surface area contributed by atoms with E-state index in [4.69, 9.17) is 16.3 Å². The Labute approximate surface area is 131 Å². The first-order chi connectivity index (χ1) is 9.87. The molecule has 0 atom stereocenters. The van der Waals surface area contributed by atoms with Crippen LogP contribution in [0.5, 0.6) is 0 Å². The van der Waals surface area contributed by atoms with Crippen molar-refractivity contribution in [1.29, 1.82) is 0 Å². The van der Waals surface area contributed by atoms with Crippen LogP contribution in [0.15, 0.2) is 36.7 Å². The number of ether oxygens (including phenoxy) is 1. The lowest BCUT2D eigenvalue weighted by Gasteiger charge is -2.15. The summed E-state index contributed by atoms with van der Waals surface area (Å²) in [5.74, 6) is -0.306. The van der Waals surface area contributed by atoms with Gasteiger partial charge in [-0.2, -0.15) is 0 Å². The zero-order valence-electron chi connectivity index (χ0n) is 12.7. The quantitative estimate of drug-likeness (QED) is 0.522. The van der Waals surface area contributed by atoms with Crippen molar-refractivity contribution in [2.24, 2.45) is 0 Å². The molecule has 1 aromatic carbocycles. The maximum atomic E-state index is 13.9. The standard InChI is InChI=1S/C16H21ClFNOSi/c1-21(2,3)10-9-20-12-19-8-7-13(11-19)16-14(17)5-4-6-15(16)18/h4-8,11H,9-10,12H2,1-3H3. The third-order valence-corrected chi connectivity index (χ3v) is 5.26. The number of benzene rings is 1. The Morgan fingerprint density at radius 2 is 2.00 bits per heavy atom. The zero-order chi connectivity index (χ0) is 15.5. The number of hydrogen-bond acceptors (Lipinski definition) is 1. The van der Waals surface area contributed by atoms with E-state index in [2.05, 4.69) is 19.6 Å². The molecule has 0 aliphatic rings. The second-order valence-corrected chi connectivity index (χ2v) is 12.4. The van der Waals surface area contributed by atoms with Crippen LogP contribution in [0.2, 0.25) is 30.7 Å². The van der Waals surface area contributed by atoms with E-state index in [1.165, 1.54) is 6.07 Å². The lowest BCUT2D eigenvalue weighted by Crippen LogP contribution is -2.21. The average Bonchev–Trinajstić information content (AvgIpc) is 2.82. The molecule has 21 heavy (non-hydrogen) atoms. The molecule has 2 nitrogen and oxygen atoms in total. The Bertz CT molecular complexity index is 586. The van der Waals surface area contributed by atoms with Crippen LogP contribution in [0.1, 0.15) is 0 Å². The van der Waals surface area contributed by atoms with Gasteiger partial charge in [0.2, 0.25) is 0 Å². The number of nitrogens with zero attached hydrogens (tertiary/aromatic N) is 1. The first-order valence-corrected chi connectivity index (χ1v) is 11.1. The summed E-state index contributed by atoms with van der Waals surface area (Å²) in [6.07, 6.45) is 3.74. The van der Waals surface area contributed by atoms with Crippen LogP contribution in [-0.4, -0.2) is 19.2 Å². The van der Waals surface area contributed by atoms with Crippen molar-refractivity contribution in [3.8, 4) is 11.1 Å². The number of rotatable bonds is 6. The predicted molar refractivity (Wildman–Crippen MR) is 88.9 cm³/mol. The predicted octanol–water partition coefficient (Wildman–Crippen LogP) is 5.26.